The van der Waals surface area contributed by atoms with Crippen molar-refractivity contribution in [1.82, 2.24) is 14.9 Å². The molecule has 1 fully saturated rings. The number of unbranched alkanes of at least 4 members (excludes halogenated alkanes) is 13. The number of hydrogen-bond acceptors (Lipinski definition) is 5. The second-order valence-electron chi connectivity index (χ2n) is 13.0. The van der Waals surface area contributed by atoms with Crippen LogP contribution in [0.1, 0.15) is 143 Å². The second-order valence-corrected chi connectivity index (χ2v) is 13.0. The predicted molar refractivity (Wildman–Crippen MR) is 174 cm³/mol. The molecule has 0 bridgehead atoms. The molecule has 0 aromatic carbocycles. The van der Waals surface area contributed by atoms with Gasteiger partial charge in [-0.2, -0.15) is 0 Å². The number of carbonyl (C=O) groups excluding carboxylic acids is 1. The standard InChI is InChI=1S/C35H59N3O5/c1-7-8-9-10-11-12-13-14-15-16-17-18-19-20-23-36-30(39)22-21-28-25-38(35(41)37-33(28)40)34-32(42-6)31(27(4)5)29(43-34)24-26(2)3/h25-27,29,31-32,34H,7-20,23-24H2,1-6H3,(H,36,39)(H,37,40,41). The molecule has 4 unspecified atom stereocenters. The number of nitrogens with zero attached hydrogens (tertiary/aromatic N) is 1. The second kappa shape index (κ2) is 20.6. The molecule has 1 amide bonds. The third-order valence-corrected chi connectivity index (χ3v) is 8.52. The van der Waals surface area contributed by atoms with E-state index in [1.54, 1.807) is 7.11 Å². The Bertz CT molecular complexity index is 1110. The normalized spacial score (nSPS) is 20.0. The highest BCUT2D eigenvalue weighted by atomic mass is 16.6. The van der Waals surface area contributed by atoms with Gasteiger partial charge in [-0.05, 0) is 30.6 Å². The van der Waals surface area contributed by atoms with Gasteiger partial charge in [0.1, 0.15) is 11.7 Å². The van der Waals surface area contributed by atoms with Crippen molar-refractivity contribution in [2.75, 3.05) is 13.7 Å². The van der Waals surface area contributed by atoms with Gasteiger partial charge in [-0.1, -0.05) is 118 Å². The summed E-state index contributed by atoms with van der Waals surface area (Å²) in [5.74, 6) is 5.51. The zero-order valence-electron chi connectivity index (χ0n) is 27.8. The van der Waals surface area contributed by atoms with Crippen molar-refractivity contribution in [2.45, 2.75) is 149 Å². The van der Waals surface area contributed by atoms with E-state index in [1.165, 1.54) is 87.8 Å². The fraction of sp³-hybridized carbons (Fsp3) is 0.800. The highest BCUT2D eigenvalue weighted by Gasteiger charge is 2.47. The van der Waals surface area contributed by atoms with Crippen molar-refractivity contribution in [3.05, 3.63) is 32.6 Å². The van der Waals surface area contributed by atoms with Crippen LogP contribution in [-0.2, 0) is 14.3 Å². The van der Waals surface area contributed by atoms with Crippen LogP contribution in [0.3, 0.4) is 0 Å². The maximum atomic E-state index is 12.8. The van der Waals surface area contributed by atoms with Gasteiger partial charge in [-0.15, -0.1) is 0 Å². The first-order chi connectivity index (χ1) is 20.7. The molecule has 244 valence electrons. The van der Waals surface area contributed by atoms with E-state index in [0.29, 0.717) is 12.5 Å². The van der Waals surface area contributed by atoms with E-state index in [4.69, 9.17) is 9.47 Å². The van der Waals surface area contributed by atoms with Gasteiger partial charge >= 0.3 is 5.69 Å². The number of H-pyrrole nitrogens is 1. The van der Waals surface area contributed by atoms with Gasteiger partial charge < -0.3 is 14.8 Å². The average Bonchev–Trinajstić information content (AvgIpc) is 3.32. The van der Waals surface area contributed by atoms with Crippen LogP contribution in [0, 0.1) is 29.6 Å². The number of amides is 1. The Morgan fingerprint density at radius 3 is 2.02 bits per heavy atom. The summed E-state index contributed by atoms with van der Waals surface area (Å²) < 4.78 is 13.5. The van der Waals surface area contributed by atoms with Crippen molar-refractivity contribution in [2.24, 2.45) is 17.8 Å². The molecule has 1 aliphatic heterocycles. The third-order valence-electron chi connectivity index (χ3n) is 8.52. The molecule has 8 heteroatoms. The van der Waals surface area contributed by atoms with E-state index < -0.39 is 23.4 Å². The number of nitrogens with one attached hydrogen (secondary N) is 2. The first-order valence-electron chi connectivity index (χ1n) is 17.0. The van der Waals surface area contributed by atoms with Crippen LogP contribution < -0.4 is 16.6 Å². The number of carbonyl (C=O) groups is 1. The van der Waals surface area contributed by atoms with E-state index in [1.807, 2.05) is 0 Å². The number of aromatic amines is 1. The van der Waals surface area contributed by atoms with E-state index in [2.05, 4.69) is 56.8 Å². The van der Waals surface area contributed by atoms with E-state index in [9.17, 15) is 14.4 Å². The SMILES string of the molecule is CCCCCCCCCCCCCCCCNC(=O)C#Cc1cn(C2OC(CC(C)C)C(C(C)C)C2OC)c(=O)[nH]c1=O. The Morgan fingerprint density at radius 2 is 1.51 bits per heavy atom. The largest absolute Gasteiger partial charge is 0.376 e. The van der Waals surface area contributed by atoms with Crippen molar-refractivity contribution < 1.29 is 14.3 Å². The van der Waals surface area contributed by atoms with Gasteiger partial charge in [0.05, 0.1) is 6.10 Å². The number of aromatic nitrogens is 2. The molecule has 4 atom stereocenters. The lowest BCUT2D eigenvalue weighted by atomic mass is 9.83. The van der Waals surface area contributed by atoms with Crippen molar-refractivity contribution in [1.29, 1.82) is 0 Å². The molecular formula is C35H59N3O5. The number of methoxy groups -OCH3 is 1. The van der Waals surface area contributed by atoms with Crippen molar-refractivity contribution in [3.8, 4) is 11.8 Å². The maximum Gasteiger partial charge on any atom is 0.330 e. The fourth-order valence-electron chi connectivity index (χ4n) is 6.19. The smallest absolute Gasteiger partial charge is 0.330 e. The van der Waals surface area contributed by atoms with Gasteiger partial charge in [0, 0.05) is 31.7 Å². The number of hydrogen-bond donors (Lipinski definition) is 2. The molecule has 2 heterocycles. The Hall–Kier alpha value is -2.37. The summed E-state index contributed by atoms with van der Waals surface area (Å²) in [6.45, 7) is 11.3. The van der Waals surface area contributed by atoms with Crippen LogP contribution in [0.25, 0.3) is 0 Å². The molecule has 1 aromatic heterocycles. The highest BCUT2D eigenvalue weighted by molar-refractivity contribution is 5.93. The average molecular weight is 602 g/mol. The summed E-state index contributed by atoms with van der Waals surface area (Å²) >= 11 is 0. The molecule has 0 spiro atoms. The van der Waals surface area contributed by atoms with Crippen LogP contribution in [0.2, 0.25) is 0 Å². The summed E-state index contributed by atoms with van der Waals surface area (Å²) in [4.78, 5) is 39.9. The molecule has 8 nitrogen and oxygen atoms in total. The molecule has 0 saturated carbocycles. The van der Waals surface area contributed by atoms with Crippen LogP contribution in [-0.4, -0.2) is 41.3 Å². The summed E-state index contributed by atoms with van der Waals surface area (Å²) in [6, 6.07) is 0. The summed E-state index contributed by atoms with van der Waals surface area (Å²) in [6.07, 6.45) is 19.1. The fourth-order valence-corrected chi connectivity index (χ4v) is 6.19. The monoisotopic (exact) mass is 601 g/mol. The molecule has 1 aromatic rings. The molecule has 1 aliphatic rings. The maximum absolute atomic E-state index is 12.8. The van der Waals surface area contributed by atoms with E-state index >= 15 is 0 Å². The molecule has 2 rings (SSSR count). The van der Waals surface area contributed by atoms with Gasteiger partial charge in [0.2, 0.25) is 0 Å². The Morgan fingerprint density at radius 1 is 0.953 bits per heavy atom. The number of rotatable bonds is 20. The minimum absolute atomic E-state index is 0.0399. The van der Waals surface area contributed by atoms with E-state index in [-0.39, 0.29) is 29.6 Å². The molecule has 0 aliphatic carbocycles. The topological polar surface area (TPSA) is 102 Å². The molecule has 2 N–H and O–H groups in total. The molecular weight excluding hydrogens is 542 g/mol. The Kier molecular flexibility index (Phi) is 17.6. The minimum Gasteiger partial charge on any atom is -0.376 e. The molecule has 1 saturated heterocycles. The Balaban J connectivity index is 1.79. The van der Waals surface area contributed by atoms with Gasteiger partial charge in [0.15, 0.2) is 6.23 Å². The van der Waals surface area contributed by atoms with Crippen LogP contribution in [0.5, 0.6) is 0 Å². The quantitative estimate of drug-likeness (QED) is 0.128. The first kappa shape index (κ1) is 36.8. The van der Waals surface area contributed by atoms with E-state index in [0.717, 1.165) is 19.3 Å². The van der Waals surface area contributed by atoms with Crippen LogP contribution >= 0.6 is 0 Å². The van der Waals surface area contributed by atoms with Crippen LogP contribution in [0.15, 0.2) is 15.8 Å². The van der Waals surface area contributed by atoms with Gasteiger partial charge in [-0.3, -0.25) is 19.1 Å². The van der Waals surface area contributed by atoms with Gasteiger partial charge in [-0.25, -0.2) is 4.79 Å². The summed E-state index contributed by atoms with van der Waals surface area (Å²) in [5.41, 5.74) is -1.17. The lowest BCUT2D eigenvalue weighted by molar-refractivity contribution is -0.115. The third kappa shape index (κ3) is 13.0. The summed E-state index contributed by atoms with van der Waals surface area (Å²) in [5, 5.41) is 2.82. The van der Waals surface area contributed by atoms with Crippen LogP contribution in [0.4, 0.5) is 0 Å². The minimum atomic E-state index is -0.694. The van der Waals surface area contributed by atoms with Crippen molar-refractivity contribution >= 4 is 5.91 Å². The first-order valence-corrected chi connectivity index (χ1v) is 17.0. The highest BCUT2D eigenvalue weighted by Crippen LogP contribution is 2.41. The Labute approximate surface area is 260 Å². The molecule has 0 radical (unpaired) electrons. The number of ether oxygens (including phenoxy) is 2. The van der Waals surface area contributed by atoms with Crippen molar-refractivity contribution in [3.63, 3.8) is 0 Å². The lowest BCUT2D eigenvalue weighted by Gasteiger charge is -2.27. The van der Waals surface area contributed by atoms with Gasteiger partial charge in [0.25, 0.3) is 11.5 Å². The zero-order valence-corrected chi connectivity index (χ0v) is 27.8. The summed E-state index contributed by atoms with van der Waals surface area (Å²) in [7, 11) is 1.62. The zero-order chi connectivity index (χ0) is 31.6. The predicted octanol–water partition coefficient (Wildman–Crippen LogP) is 6.72. The lowest BCUT2D eigenvalue weighted by Crippen LogP contribution is -2.39. The molecule has 43 heavy (non-hydrogen) atoms.